The Balaban J connectivity index is 2.02. The number of hydrogen-bond acceptors (Lipinski definition) is 2. The number of benzene rings is 2. The Kier molecular flexibility index (Phi) is 3.90. The van der Waals surface area contributed by atoms with E-state index in [1.165, 1.54) is 24.3 Å². The summed E-state index contributed by atoms with van der Waals surface area (Å²) in [5.74, 6) is -0.962. The molecule has 0 heterocycles. The van der Waals surface area contributed by atoms with Gasteiger partial charge in [0.15, 0.2) is 12.4 Å². The number of ketones is 1. The van der Waals surface area contributed by atoms with Crippen molar-refractivity contribution in [3.05, 3.63) is 65.2 Å². The highest BCUT2D eigenvalue weighted by Gasteiger charge is 2.08. The highest BCUT2D eigenvalue weighted by Crippen LogP contribution is 2.16. The van der Waals surface area contributed by atoms with Gasteiger partial charge in [0.25, 0.3) is 0 Å². The number of halogens is 2. The summed E-state index contributed by atoms with van der Waals surface area (Å²) in [7, 11) is 0. The van der Waals surface area contributed by atoms with Crippen LogP contribution in [0.3, 0.4) is 0 Å². The fraction of sp³-hybridized carbons (Fsp3) is 0.133. The molecule has 0 aromatic heterocycles. The number of ether oxygens (including phenoxy) is 1. The fourth-order valence-corrected chi connectivity index (χ4v) is 1.56. The summed E-state index contributed by atoms with van der Waals surface area (Å²) < 4.78 is 31.4. The van der Waals surface area contributed by atoms with Gasteiger partial charge in [-0.05, 0) is 30.7 Å². The van der Waals surface area contributed by atoms with E-state index in [-0.39, 0.29) is 23.7 Å². The summed E-state index contributed by atoms with van der Waals surface area (Å²) in [5, 5.41) is 0. The van der Waals surface area contributed by atoms with E-state index < -0.39 is 11.6 Å². The van der Waals surface area contributed by atoms with Crippen LogP contribution in [0.5, 0.6) is 5.75 Å². The van der Waals surface area contributed by atoms with Crippen LogP contribution in [0.4, 0.5) is 8.78 Å². The fourth-order valence-electron chi connectivity index (χ4n) is 1.56. The van der Waals surface area contributed by atoms with E-state index in [2.05, 4.69) is 0 Å². The van der Waals surface area contributed by atoms with Crippen molar-refractivity contribution in [2.75, 3.05) is 6.61 Å². The van der Waals surface area contributed by atoms with Gasteiger partial charge in [-0.15, -0.1) is 0 Å². The van der Waals surface area contributed by atoms with Crippen molar-refractivity contribution < 1.29 is 18.3 Å². The van der Waals surface area contributed by atoms with E-state index in [4.69, 9.17) is 4.74 Å². The number of aryl methyl sites for hydroxylation is 1. The molecule has 0 aliphatic heterocycles. The zero-order valence-electron chi connectivity index (χ0n) is 10.3. The first kappa shape index (κ1) is 13.2. The second kappa shape index (κ2) is 5.61. The summed E-state index contributed by atoms with van der Waals surface area (Å²) in [4.78, 5) is 11.7. The molecule has 2 rings (SSSR count). The van der Waals surface area contributed by atoms with E-state index in [0.29, 0.717) is 5.56 Å². The van der Waals surface area contributed by atoms with Crippen LogP contribution in [0.1, 0.15) is 15.9 Å². The van der Waals surface area contributed by atoms with E-state index in [1.54, 1.807) is 19.1 Å². The molecule has 2 aromatic rings. The predicted molar refractivity (Wildman–Crippen MR) is 67.4 cm³/mol. The molecule has 0 radical (unpaired) electrons. The zero-order chi connectivity index (χ0) is 13.8. The molecule has 0 N–H and O–H groups in total. The monoisotopic (exact) mass is 262 g/mol. The molecule has 0 atom stereocenters. The minimum absolute atomic E-state index is 0.229. The van der Waals surface area contributed by atoms with Gasteiger partial charge >= 0.3 is 0 Å². The van der Waals surface area contributed by atoms with Crippen molar-refractivity contribution in [3.8, 4) is 5.75 Å². The van der Waals surface area contributed by atoms with Crippen molar-refractivity contribution in [3.63, 3.8) is 0 Å². The van der Waals surface area contributed by atoms with Crippen molar-refractivity contribution in [1.29, 1.82) is 0 Å². The normalized spacial score (nSPS) is 10.3. The van der Waals surface area contributed by atoms with Gasteiger partial charge in [0.1, 0.15) is 17.4 Å². The van der Waals surface area contributed by atoms with E-state index in [9.17, 15) is 13.6 Å². The van der Waals surface area contributed by atoms with Gasteiger partial charge in [-0.25, -0.2) is 8.78 Å². The molecule has 0 unspecified atom stereocenters. The van der Waals surface area contributed by atoms with Crippen molar-refractivity contribution in [1.82, 2.24) is 0 Å². The van der Waals surface area contributed by atoms with Gasteiger partial charge < -0.3 is 4.74 Å². The number of hydrogen-bond donors (Lipinski definition) is 0. The van der Waals surface area contributed by atoms with Crippen LogP contribution in [0.15, 0.2) is 42.5 Å². The maximum absolute atomic E-state index is 13.3. The molecule has 0 fully saturated rings. The largest absolute Gasteiger partial charge is 0.485 e. The first-order valence-electron chi connectivity index (χ1n) is 5.74. The van der Waals surface area contributed by atoms with Crippen LogP contribution in [-0.2, 0) is 0 Å². The van der Waals surface area contributed by atoms with Crippen LogP contribution in [0.25, 0.3) is 0 Å². The van der Waals surface area contributed by atoms with Crippen LogP contribution >= 0.6 is 0 Å². The number of rotatable bonds is 4. The van der Waals surface area contributed by atoms with Gasteiger partial charge in [0, 0.05) is 11.6 Å². The van der Waals surface area contributed by atoms with Crippen molar-refractivity contribution >= 4 is 5.78 Å². The number of carbonyl (C=O) groups is 1. The minimum atomic E-state index is -0.479. The van der Waals surface area contributed by atoms with E-state index in [1.807, 2.05) is 0 Å². The Morgan fingerprint density at radius 2 is 1.95 bits per heavy atom. The topological polar surface area (TPSA) is 26.3 Å². The lowest BCUT2D eigenvalue weighted by molar-refractivity contribution is 0.0921. The number of carbonyl (C=O) groups excluding carboxylic acids is 1. The highest BCUT2D eigenvalue weighted by atomic mass is 19.1. The molecule has 2 aromatic carbocycles. The lowest BCUT2D eigenvalue weighted by Crippen LogP contribution is -2.11. The molecule has 98 valence electrons. The SMILES string of the molecule is Cc1ccc(OCC(=O)c2cccc(F)c2)cc1F. The molecule has 0 amide bonds. The Morgan fingerprint density at radius 3 is 2.63 bits per heavy atom. The first-order chi connectivity index (χ1) is 9.06. The molecular weight excluding hydrogens is 250 g/mol. The van der Waals surface area contributed by atoms with Crippen LogP contribution in [-0.4, -0.2) is 12.4 Å². The van der Waals surface area contributed by atoms with Gasteiger partial charge in [0.2, 0.25) is 0 Å². The van der Waals surface area contributed by atoms with Crippen LogP contribution < -0.4 is 4.74 Å². The summed E-state index contributed by atoms with van der Waals surface area (Å²) in [5.41, 5.74) is 0.733. The minimum Gasteiger partial charge on any atom is -0.485 e. The first-order valence-corrected chi connectivity index (χ1v) is 5.74. The van der Waals surface area contributed by atoms with E-state index in [0.717, 1.165) is 6.07 Å². The third-order valence-electron chi connectivity index (χ3n) is 2.66. The molecule has 19 heavy (non-hydrogen) atoms. The van der Waals surface area contributed by atoms with Crippen LogP contribution in [0, 0.1) is 18.6 Å². The molecule has 0 aliphatic rings. The van der Waals surface area contributed by atoms with Gasteiger partial charge in [-0.3, -0.25) is 4.79 Å². The van der Waals surface area contributed by atoms with E-state index >= 15 is 0 Å². The van der Waals surface area contributed by atoms with Crippen molar-refractivity contribution in [2.24, 2.45) is 0 Å². The predicted octanol–water partition coefficient (Wildman–Crippen LogP) is 3.53. The standard InChI is InChI=1S/C15H12F2O2/c1-10-5-6-13(8-14(10)17)19-9-15(18)11-3-2-4-12(16)7-11/h2-8H,9H2,1H3. The summed E-state index contributed by atoms with van der Waals surface area (Å²) in [6.07, 6.45) is 0. The Labute approximate surface area is 109 Å². The molecule has 2 nitrogen and oxygen atoms in total. The maximum atomic E-state index is 13.3. The van der Waals surface area contributed by atoms with Gasteiger partial charge in [0.05, 0.1) is 0 Å². The molecule has 0 bridgehead atoms. The maximum Gasteiger partial charge on any atom is 0.200 e. The summed E-state index contributed by atoms with van der Waals surface area (Å²) >= 11 is 0. The van der Waals surface area contributed by atoms with Gasteiger partial charge in [-0.2, -0.15) is 0 Å². The molecule has 4 heteroatoms. The lowest BCUT2D eigenvalue weighted by Gasteiger charge is -2.06. The van der Waals surface area contributed by atoms with Crippen molar-refractivity contribution in [2.45, 2.75) is 6.92 Å². The second-order valence-corrected chi connectivity index (χ2v) is 4.13. The molecule has 0 saturated heterocycles. The Morgan fingerprint density at radius 1 is 1.16 bits per heavy atom. The summed E-state index contributed by atoms with van der Waals surface area (Å²) in [6.45, 7) is 1.38. The quantitative estimate of drug-likeness (QED) is 0.788. The molecule has 0 spiro atoms. The van der Waals surface area contributed by atoms with Crippen LogP contribution in [0.2, 0.25) is 0 Å². The highest BCUT2D eigenvalue weighted by molar-refractivity contribution is 5.97. The molecule has 0 saturated carbocycles. The zero-order valence-corrected chi connectivity index (χ0v) is 10.3. The average Bonchev–Trinajstić information content (AvgIpc) is 2.40. The number of Topliss-reactive ketones (excluding diaryl/α,β-unsaturated/α-hetero) is 1. The second-order valence-electron chi connectivity index (χ2n) is 4.13. The third-order valence-corrected chi connectivity index (χ3v) is 2.66. The molecule has 0 aliphatic carbocycles. The summed E-state index contributed by atoms with van der Waals surface area (Å²) in [6, 6.07) is 9.72. The Hall–Kier alpha value is -2.23. The molecular formula is C15H12F2O2. The smallest absolute Gasteiger partial charge is 0.200 e. The Bertz CT molecular complexity index is 609. The lowest BCUT2D eigenvalue weighted by atomic mass is 10.1. The third kappa shape index (κ3) is 3.37. The van der Waals surface area contributed by atoms with Gasteiger partial charge in [-0.1, -0.05) is 18.2 Å². The average molecular weight is 262 g/mol.